The number of nitrogens with one attached hydrogen (secondary N) is 1. The van der Waals surface area contributed by atoms with Crippen molar-refractivity contribution in [2.24, 2.45) is 4.99 Å². The fraction of sp³-hybridized carbons (Fsp3) is 0.611. The van der Waals surface area contributed by atoms with Crippen LogP contribution >= 0.6 is 24.0 Å². The molecule has 1 heterocycles. The van der Waals surface area contributed by atoms with Crippen molar-refractivity contribution in [2.45, 2.75) is 39.2 Å². The molecule has 1 aliphatic rings. The Morgan fingerprint density at radius 3 is 2.30 bits per heavy atom. The minimum Gasteiger partial charge on any atom is -0.392 e. The van der Waals surface area contributed by atoms with Crippen LogP contribution in [0.1, 0.15) is 25.0 Å². The van der Waals surface area contributed by atoms with E-state index in [0.29, 0.717) is 45.2 Å². The first-order valence-corrected chi connectivity index (χ1v) is 8.88. The average Bonchev–Trinajstić information content (AvgIpc) is 2.64. The molecule has 0 saturated carbocycles. The number of rotatable bonds is 5. The number of aliphatic imine (C=N–C) groups is 1. The van der Waals surface area contributed by atoms with Crippen LogP contribution in [-0.4, -0.2) is 65.8 Å². The first-order valence-electron chi connectivity index (χ1n) is 8.88. The number of alkyl halides is 3. The molecule has 0 aromatic heterocycles. The molecular formula is C18H28F3IN4O. The van der Waals surface area contributed by atoms with Gasteiger partial charge >= 0.3 is 6.18 Å². The fourth-order valence-corrected chi connectivity index (χ4v) is 2.98. The molecule has 0 bridgehead atoms. The summed E-state index contributed by atoms with van der Waals surface area (Å²) in [6.45, 7) is 5.90. The molecule has 1 saturated heterocycles. The van der Waals surface area contributed by atoms with Crippen LogP contribution in [0.25, 0.3) is 0 Å². The Labute approximate surface area is 175 Å². The van der Waals surface area contributed by atoms with Crippen LogP contribution in [-0.2, 0) is 13.2 Å². The van der Waals surface area contributed by atoms with Gasteiger partial charge in [0, 0.05) is 32.7 Å². The van der Waals surface area contributed by atoms with E-state index in [9.17, 15) is 18.3 Å². The van der Waals surface area contributed by atoms with Crippen LogP contribution in [0.2, 0.25) is 0 Å². The highest BCUT2D eigenvalue weighted by atomic mass is 127. The highest BCUT2D eigenvalue weighted by molar-refractivity contribution is 14.0. The van der Waals surface area contributed by atoms with Gasteiger partial charge in [0.05, 0.1) is 13.2 Å². The Morgan fingerprint density at radius 1 is 1.19 bits per heavy atom. The number of nitrogens with zero attached hydrogens (tertiary/aromatic N) is 3. The zero-order chi connectivity index (χ0) is 19.2. The lowest BCUT2D eigenvalue weighted by Gasteiger charge is -2.39. The second-order valence-corrected chi connectivity index (χ2v) is 6.34. The van der Waals surface area contributed by atoms with E-state index in [-0.39, 0.29) is 30.6 Å². The summed E-state index contributed by atoms with van der Waals surface area (Å²) in [6, 6.07) is 6.11. The SMILES string of the molecule is CCNC(=NCc1ccccc1CO)N1CCN(C(C)C(F)(F)F)CC1.I. The van der Waals surface area contributed by atoms with Gasteiger partial charge in [-0.1, -0.05) is 24.3 Å². The second kappa shape index (κ2) is 11.1. The number of aliphatic hydroxyl groups is 1. The number of benzene rings is 1. The normalized spacial score (nSPS) is 17.4. The zero-order valence-corrected chi connectivity index (χ0v) is 18.0. The topological polar surface area (TPSA) is 51.1 Å². The quantitative estimate of drug-likeness (QED) is 0.371. The molecule has 1 unspecified atom stereocenters. The molecule has 27 heavy (non-hydrogen) atoms. The fourth-order valence-electron chi connectivity index (χ4n) is 2.98. The van der Waals surface area contributed by atoms with Gasteiger partial charge in [-0.15, -0.1) is 24.0 Å². The van der Waals surface area contributed by atoms with Crippen molar-refractivity contribution in [3.63, 3.8) is 0 Å². The number of aliphatic hydroxyl groups excluding tert-OH is 1. The molecule has 0 amide bonds. The molecule has 1 aliphatic heterocycles. The van der Waals surface area contributed by atoms with Crippen LogP contribution in [0.3, 0.4) is 0 Å². The smallest absolute Gasteiger partial charge is 0.392 e. The minimum atomic E-state index is -4.20. The van der Waals surface area contributed by atoms with Gasteiger partial charge in [0.15, 0.2) is 5.96 Å². The van der Waals surface area contributed by atoms with E-state index in [2.05, 4.69) is 10.3 Å². The molecule has 1 aromatic carbocycles. The lowest BCUT2D eigenvalue weighted by molar-refractivity contribution is -0.181. The van der Waals surface area contributed by atoms with Crippen LogP contribution in [0, 0.1) is 0 Å². The molecule has 1 fully saturated rings. The Morgan fingerprint density at radius 2 is 1.78 bits per heavy atom. The maximum Gasteiger partial charge on any atom is 0.403 e. The number of hydrogen-bond donors (Lipinski definition) is 2. The maximum atomic E-state index is 12.9. The van der Waals surface area contributed by atoms with E-state index in [0.717, 1.165) is 11.1 Å². The van der Waals surface area contributed by atoms with Gasteiger partial charge in [-0.2, -0.15) is 13.2 Å². The van der Waals surface area contributed by atoms with E-state index in [1.54, 1.807) is 0 Å². The number of halogens is 4. The van der Waals surface area contributed by atoms with Gasteiger partial charge in [-0.05, 0) is 25.0 Å². The van der Waals surface area contributed by atoms with E-state index < -0.39 is 12.2 Å². The van der Waals surface area contributed by atoms with Gasteiger partial charge in [0.2, 0.25) is 0 Å². The molecule has 2 rings (SSSR count). The molecule has 154 valence electrons. The number of guanidine groups is 1. The van der Waals surface area contributed by atoms with Crippen molar-refractivity contribution in [1.82, 2.24) is 15.1 Å². The summed E-state index contributed by atoms with van der Waals surface area (Å²) >= 11 is 0. The Kier molecular flexibility index (Phi) is 9.82. The van der Waals surface area contributed by atoms with Crippen molar-refractivity contribution < 1.29 is 18.3 Å². The highest BCUT2D eigenvalue weighted by Gasteiger charge is 2.41. The molecule has 5 nitrogen and oxygen atoms in total. The zero-order valence-electron chi connectivity index (χ0n) is 15.7. The van der Waals surface area contributed by atoms with Crippen molar-refractivity contribution in [2.75, 3.05) is 32.7 Å². The summed E-state index contributed by atoms with van der Waals surface area (Å²) in [5.74, 6) is 0.694. The van der Waals surface area contributed by atoms with Crippen LogP contribution in [0.5, 0.6) is 0 Å². The number of hydrogen-bond acceptors (Lipinski definition) is 3. The standard InChI is InChI=1S/C18H27F3N4O.HI/c1-3-22-17(23-12-15-6-4-5-7-16(15)13-26)25-10-8-24(9-11-25)14(2)18(19,20)21;/h4-7,14,26H,3,8-13H2,1-2H3,(H,22,23);1H. The molecule has 2 N–H and O–H groups in total. The van der Waals surface area contributed by atoms with Crippen LogP contribution in [0.4, 0.5) is 13.2 Å². The Hall–Kier alpha value is -1.07. The maximum absolute atomic E-state index is 12.9. The lowest BCUT2D eigenvalue weighted by atomic mass is 10.1. The summed E-state index contributed by atoms with van der Waals surface area (Å²) in [5.41, 5.74) is 1.77. The predicted molar refractivity (Wildman–Crippen MR) is 111 cm³/mol. The summed E-state index contributed by atoms with van der Waals surface area (Å²) in [6.07, 6.45) is -4.20. The molecule has 1 aromatic rings. The van der Waals surface area contributed by atoms with Crippen LogP contribution < -0.4 is 5.32 Å². The van der Waals surface area contributed by atoms with Crippen molar-refractivity contribution in [3.05, 3.63) is 35.4 Å². The molecule has 9 heteroatoms. The second-order valence-electron chi connectivity index (χ2n) is 6.34. The Balaban J connectivity index is 0.00000364. The van der Waals surface area contributed by atoms with Crippen molar-refractivity contribution in [3.8, 4) is 0 Å². The molecule has 0 radical (unpaired) electrons. The number of piperazine rings is 1. The average molecular weight is 500 g/mol. The van der Waals surface area contributed by atoms with Gasteiger partial charge in [0.1, 0.15) is 6.04 Å². The van der Waals surface area contributed by atoms with E-state index in [4.69, 9.17) is 0 Å². The third kappa shape index (κ3) is 6.79. The van der Waals surface area contributed by atoms with Gasteiger partial charge < -0.3 is 15.3 Å². The van der Waals surface area contributed by atoms with Gasteiger partial charge in [-0.25, -0.2) is 4.99 Å². The summed E-state index contributed by atoms with van der Waals surface area (Å²) in [5, 5.41) is 12.6. The first kappa shape index (κ1) is 24.0. The van der Waals surface area contributed by atoms with Crippen LogP contribution in [0.15, 0.2) is 29.3 Å². The van der Waals surface area contributed by atoms with Gasteiger partial charge in [0.25, 0.3) is 0 Å². The van der Waals surface area contributed by atoms with E-state index in [1.807, 2.05) is 36.1 Å². The summed E-state index contributed by atoms with van der Waals surface area (Å²) in [7, 11) is 0. The largest absolute Gasteiger partial charge is 0.403 e. The lowest BCUT2D eigenvalue weighted by Crippen LogP contribution is -2.56. The molecule has 1 atom stereocenters. The third-order valence-electron chi connectivity index (χ3n) is 4.66. The third-order valence-corrected chi connectivity index (χ3v) is 4.66. The summed E-state index contributed by atoms with van der Waals surface area (Å²) < 4.78 is 38.6. The minimum absolute atomic E-state index is 0. The van der Waals surface area contributed by atoms with E-state index in [1.165, 1.54) is 11.8 Å². The van der Waals surface area contributed by atoms with Gasteiger partial charge in [-0.3, -0.25) is 4.90 Å². The molecule has 0 aliphatic carbocycles. The monoisotopic (exact) mass is 500 g/mol. The molecular weight excluding hydrogens is 472 g/mol. The Bertz CT molecular complexity index is 605. The predicted octanol–water partition coefficient (Wildman–Crippen LogP) is 2.83. The van der Waals surface area contributed by atoms with Crippen molar-refractivity contribution in [1.29, 1.82) is 0 Å². The summed E-state index contributed by atoms with van der Waals surface area (Å²) in [4.78, 5) is 8.06. The molecule has 0 spiro atoms. The first-order chi connectivity index (χ1) is 12.4. The van der Waals surface area contributed by atoms with E-state index >= 15 is 0 Å². The highest BCUT2D eigenvalue weighted by Crippen LogP contribution is 2.25. The van der Waals surface area contributed by atoms with Crippen molar-refractivity contribution >= 4 is 29.9 Å².